The Hall–Kier alpha value is -1.11. The minimum absolute atomic E-state index is 0.217. The van der Waals surface area contributed by atoms with E-state index in [1.807, 2.05) is 0 Å². The molecule has 2 aromatic rings. The lowest BCUT2D eigenvalue weighted by atomic mass is 10.2. The molecule has 0 saturated heterocycles. The average Bonchev–Trinajstić information content (AvgIpc) is 3.02. The van der Waals surface area contributed by atoms with Gasteiger partial charge in [0.2, 0.25) is 0 Å². The third kappa shape index (κ3) is 3.75. The van der Waals surface area contributed by atoms with Crippen molar-refractivity contribution < 1.29 is 5.11 Å². The molecule has 0 amide bonds. The van der Waals surface area contributed by atoms with E-state index < -0.39 is 0 Å². The van der Waals surface area contributed by atoms with Crippen LogP contribution in [0, 0.1) is 0 Å². The number of rotatable bonds is 9. The number of fused-ring (bicyclic) bond motifs is 1. The fourth-order valence-electron chi connectivity index (χ4n) is 2.45. The Morgan fingerprint density at radius 3 is 2.95 bits per heavy atom. The number of nitrogens with zero attached hydrogens (tertiary/aromatic N) is 3. The summed E-state index contributed by atoms with van der Waals surface area (Å²) in [6.07, 6.45) is 3.98. The van der Waals surface area contributed by atoms with Gasteiger partial charge in [-0.3, -0.25) is 4.40 Å². The number of anilines is 1. The highest BCUT2D eigenvalue weighted by Crippen LogP contribution is 2.26. The summed E-state index contributed by atoms with van der Waals surface area (Å²) >= 11 is 1.66. The molecule has 0 fully saturated rings. The first-order chi connectivity index (χ1) is 10.2. The van der Waals surface area contributed by atoms with E-state index in [2.05, 4.69) is 47.0 Å². The summed E-state index contributed by atoms with van der Waals surface area (Å²) in [7, 11) is 0. The fourth-order valence-corrected chi connectivity index (χ4v) is 3.18. The summed E-state index contributed by atoms with van der Waals surface area (Å²) < 4.78 is 2.18. The molecule has 6 heteroatoms. The highest BCUT2D eigenvalue weighted by Gasteiger charge is 2.20. The Balaban J connectivity index is 2.30. The predicted octanol–water partition coefficient (Wildman–Crippen LogP) is 2.49. The molecule has 118 valence electrons. The maximum absolute atomic E-state index is 9.12. The standard InChI is InChI=1S/C15H26N4OS/c1-4-6-16-11-13-14(17-15-19(13)8-10-21-15)18(12(2)3)7-5-9-20/h8,10,12,16,20H,4-7,9,11H2,1-3H3. The number of aliphatic hydroxyl groups excluding tert-OH is 1. The van der Waals surface area contributed by atoms with Crippen LogP contribution in [0.2, 0.25) is 0 Å². The topological polar surface area (TPSA) is 52.8 Å². The molecule has 0 spiro atoms. The maximum Gasteiger partial charge on any atom is 0.195 e. The second kappa shape index (κ2) is 7.77. The summed E-state index contributed by atoms with van der Waals surface area (Å²) in [5, 5.41) is 14.7. The molecule has 5 nitrogen and oxygen atoms in total. The van der Waals surface area contributed by atoms with Crippen molar-refractivity contribution in [3.8, 4) is 0 Å². The molecule has 2 heterocycles. The summed E-state index contributed by atoms with van der Waals surface area (Å²) in [6.45, 7) is 9.40. The zero-order chi connectivity index (χ0) is 15.2. The summed E-state index contributed by atoms with van der Waals surface area (Å²) in [5.74, 6) is 1.05. The van der Waals surface area contributed by atoms with E-state index >= 15 is 0 Å². The van der Waals surface area contributed by atoms with E-state index in [9.17, 15) is 0 Å². The van der Waals surface area contributed by atoms with E-state index in [-0.39, 0.29) is 6.61 Å². The molecule has 0 saturated carbocycles. The van der Waals surface area contributed by atoms with Crippen LogP contribution < -0.4 is 10.2 Å². The van der Waals surface area contributed by atoms with E-state index in [4.69, 9.17) is 10.1 Å². The van der Waals surface area contributed by atoms with Gasteiger partial charge < -0.3 is 15.3 Å². The number of thiazole rings is 1. The molecule has 0 radical (unpaired) electrons. The molecule has 0 aliphatic heterocycles. The van der Waals surface area contributed by atoms with Crippen LogP contribution in [0.15, 0.2) is 11.6 Å². The molecule has 21 heavy (non-hydrogen) atoms. The van der Waals surface area contributed by atoms with Gasteiger partial charge in [-0.25, -0.2) is 4.98 Å². The molecular weight excluding hydrogens is 284 g/mol. The maximum atomic E-state index is 9.12. The van der Waals surface area contributed by atoms with Crippen LogP contribution >= 0.6 is 11.3 Å². The van der Waals surface area contributed by atoms with Gasteiger partial charge in [0, 0.05) is 37.3 Å². The van der Waals surface area contributed by atoms with Crippen molar-refractivity contribution in [3.63, 3.8) is 0 Å². The first-order valence-electron chi connectivity index (χ1n) is 7.71. The molecule has 2 aromatic heterocycles. The Bertz CT molecular complexity index is 549. The van der Waals surface area contributed by atoms with Crippen LogP contribution in [0.25, 0.3) is 4.96 Å². The highest BCUT2D eigenvalue weighted by molar-refractivity contribution is 7.15. The molecular formula is C15H26N4OS. The van der Waals surface area contributed by atoms with Crippen molar-refractivity contribution in [2.24, 2.45) is 0 Å². The number of hydrogen-bond acceptors (Lipinski definition) is 5. The first-order valence-corrected chi connectivity index (χ1v) is 8.59. The molecule has 0 aliphatic carbocycles. The van der Waals surface area contributed by atoms with Crippen molar-refractivity contribution in [2.45, 2.75) is 46.2 Å². The van der Waals surface area contributed by atoms with Crippen molar-refractivity contribution >= 4 is 22.1 Å². The smallest absolute Gasteiger partial charge is 0.195 e. The molecule has 0 bridgehead atoms. The van der Waals surface area contributed by atoms with Crippen LogP contribution in [0.5, 0.6) is 0 Å². The van der Waals surface area contributed by atoms with E-state index in [1.54, 1.807) is 11.3 Å². The van der Waals surface area contributed by atoms with Gasteiger partial charge in [0.25, 0.3) is 0 Å². The molecule has 0 atom stereocenters. The molecule has 0 unspecified atom stereocenters. The lowest BCUT2D eigenvalue weighted by molar-refractivity contribution is 0.288. The normalized spacial score (nSPS) is 11.7. The number of aromatic nitrogens is 2. The molecule has 0 aromatic carbocycles. The monoisotopic (exact) mass is 310 g/mol. The third-order valence-electron chi connectivity index (χ3n) is 3.51. The average molecular weight is 310 g/mol. The Labute approximate surface area is 130 Å². The summed E-state index contributed by atoms with van der Waals surface area (Å²) in [5.41, 5.74) is 1.21. The van der Waals surface area contributed by atoms with Crippen LogP contribution in [0.4, 0.5) is 5.82 Å². The lowest BCUT2D eigenvalue weighted by Gasteiger charge is -2.27. The van der Waals surface area contributed by atoms with Gasteiger partial charge in [-0.15, -0.1) is 11.3 Å². The van der Waals surface area contributed by atoms with Gasteiger partial charge in [0.1, 0.15) is 0 Å². The summed E-state index contributed by atoms with van der Waals surface area (Å²) in [4.78, 5) is 8.14. The van der Waals surface area contributed by atoms with Gasteiger partial charge >= 0.3 is 0 Å². The van der Waals surface area contributed by atoms with Crippen LogP contribution in [0.3, 0.4) is 0 Å². The highest BCUT2D eigenvalue weighted by atomic mass is 32.1. The SMILES string of the molecule is CCCNCc1c(N(CCCO)C(C)C)nc2sccn12. The van der Waals surface area contributed by atoms with Gasteiger partial charge in [-0.2, -0.15) is 0 Å². The molecule has 2 rings (SSSR count). The van der Waals surface area contributed by atoms with E-state index in [0.29, 0.717) is 6.04 Å². The zero-order valence-corrected chi connectivity index (χ0v) is 14.0. The first kappa shape index (κ1) is 16.3. The number of imidazole rings is 1. The fraction of sp³-hybridized carbons (Fsp3) is 0.667. The predicted molar refractivity (Wildman–Crippen MR) is 89.3 cm³/mol. The summed E-state index contributed by atoms with van der Waals surface area (Å²) in [6, 6.07) is 0.367. The van der Waals surface area contributed by atoms with Gasteiger partial charge in [-0.05, 0) is 33.2 Å². The van der Waals surface area contributed by atoms with Crippen molar-refractivity contribution in [1.82, 2.24) is 14.7 Å². The Morgan fingerprint density at radius 1 is 1.48 bits per heavy atom. The van der Waals surface area contributed by atoms with E-state index in [1.165, 1.54) is 5.69 Å². The van der Waals surface area contributed by atoms with Gasteiger partial charge in [-0.1, -0.05) is 6.92 Å². The quantitative estimate of drug-likeness (QED) is 0.699. The zero-order valence-electron chi connectivity index (χ0n) is 13.2. The number of aliphatic hydroxyl groups is 1. The minimum atomic E-state index is 0.217. The van der Waals surface area contributed by atoms with Crippen LogP contribution in [-0.2, 0) is 6.54 Å². The minimum Gasteiger partial charge on any atom is -0.396 e. The van der Waals surface area contributed by atoms with E-state index in [0.717, 1.165) is 43.3 Å². The van der Waals surface area contributed by atoms with Gasteiger partial charge in [0.05, 0.1) is 5.69 Å². The van der Waals surface area contributed by atoms with Crippen molar-refractivity contribution in [1.29, 1.82) is 0 Å². The van der Waals surface area contributed by atoms with Crippen LogP contribution in [-0.4, -0.2) is 40.2 Å². The number of hydrogen-bond donors (Lipinski definition) is 2. The van der Waals surface area contributed by atoms with Crippen molar-refractivity contribution in [3.05, 3.63) is 17.3 Å². The number of nitrogens with one attached hydrogen (secondary N) is 1. The Kier molecular flexibility index (Phi) is 6.02. The lowest BCUT2D eigenvalue weighted by Crippen LogP contribution is -2.34. The molecule has 2 N–H and O–H groups in total. The molecule has 0 aliphatic rings. The van der Waals surface area contributed by atoms with Gasteiger partial charge in [0.15, 0.2) is 10.8 Å². The second-order valence-corrected chi connectivity index (χ2v) is 6.35. The Morgan fingerprint density at radius 2 is 2.29 bits per heavy atom. The third-order valence-corrected chi connectivity index (χ3v) is 4.27. The second-order valence-electron chi connectivity index (χ2n) is 5.48. The van der Waals surface area contributed by atoms with Crippen LogP contribution in [0.1, 0.15) is 39.3 Å². The largest absolute Gasteiger partial charge is 0.396 e. The van der Waals surface area contributed by atoms with Crippen molar-refractivity contribution in [2.75, 3.05) is 24.6 Å².